The Labute approximate surface area is 140 Å². The first-order valence-electron chi connectivity index (χ1n) is 6.63. The fourth-order valence-electron chi connectivity index (χ4n) is 1.92. The largest absolute Gasteiger partial charge is 0.300 e. The topological polar surface area (TPSA) is 79.4 Å². The molecule has 2 heterocycles. The second kappa shape index (κ2) is 6.76. The lowest BCUT2D eigenvalue weighted by Crippen LogP contribution is -2.36. The zero-order valence-electron chi connectivity index (χ0n) is 11.8. The number of thioether (sulfide) groups is 1. The van der Waals surface area contributed by atoms with E-state index in [4.69, 9.17) is 0 Å². The van der Waals surface area contributed by atoms with Crippen LogP contribution < -0.4 is 5.32 Å². The van der Waals surface area contributed by atoms with Crippen molar-refractivity contribution in [3.05, 3.63) is 52.4 Å². The van der Waals surface area contributed by atoms with Crippen LogP contribution in [0, 0.1) is 0 Å². The molecule has 23 heavy (non-hydrogen) atoms. The molecule has 8 heteroatoms. The van der Waals surface area contributed by atoms with Crippen molar-refractivity contribution in [2.45, 2.75) is 0 Å². The third-order valence-electron chi connectivity index (χ3n) is 2.95. The average molecular weight is 345 g/mol. The molecule has 0 bridgehead atoms. The van der Waals surface area contributed by atoms with Crippen LogP contribution in [0.4, 0.5) is 9.93 Å². The standard InChI is InChI=1S/C15H11N3O3S2/c19-12(17-14-16-6-7-22-14)9-18-13(20)11(23-15(18)21)8-10-4-2-1-3-5-10/h1-8H,9H2,(H,16,17,19)/b11-8-. The highest BCUT2D eigenvalue weighted by molar-refractivity contribution is 8.18. The van der Waals surface area contributed by atoms with Crippen LogP contribution in [0.15, 0.2) is 46.8 Å². The molecule has 1 N–H and O–H groups in total. The van der Waals surface area contributed by atoms with E-state index in [2.05, 4.69) is 10.3 Å². The van der Waals surface area contributed by atoms with E-state index in [9.17, 15) is 14.4 Å². The van der Waals surface area contributed by atoms with Gasteiger partial charge >= 0.3 is 0 Å². The number of amides is 3. The molecule has 3 amide bonds. The number of carbonyl (C=O) groups is 3. The maximum atomic E-state index is 12.3. The molecule has 1 fully saturated rings. The molecule has 0 unspecified atom stereocenters. The highest BCUT2D eigenvalue weighted by Crippen LogP contribution is 2.32. The fourth-order valence-corrected chi connectivity index (χ4v) is 3.31. The van der Waals surface area contributed by atoms with E-state index >= 15 is 0 Å². The summed E-state index contributed by atoms with van der Waals surface area (Å²) >= 11 is 2.10. The van der Waals surface area contributed by atoms with E-state index in [-0.39, 0.29) is 6.54 Å². The van der Waals surface area contributed by atoms with Gasteiger partial charge in [0.2, 0.25) is 5.91 Å². The van der Waals surface area contributed by atoms with Crippen molar-refractivity contribution in [3.8, 4) is 0 Å². The molecular formula is C15H11N3O3S2. The number of benzene rings is 1. The Morgan fingerprint density at radius 3 is 2.74 bits per heavy atom. The molecule has 1 aliphatic rings. The van der Waals surface area contributed by atoms with Crippen molar-refractivity contribution in [1.82, 2.24) is 9.88 Å². The summed E-state index contributed by atoms with van der Waals surface area (Å²) in [5.41, 5.74) is 0.824. The van der Waals surface area contributed by atoms with Gasteiger partial charge in [-0.25, -0.2) is 4.98 Å². The molecule has 116 valence electrons. The van der Waals surface area contributed by atoms with Gasteiger partial charge in [0, 0.05) is 11.6 Å². The summed E-state index contributed by atoms with van der Waals surface area (Å²) in [6.45, 7) is -0.323. The molecule has 1 aliphatic heterocycles. The predicted molar refractivity (Wildman–Crippen MR) is 89.9 cm³/mol. The van der Waals surface area contributed by atoms with Gasteiger partial charge in [0.1, 0.15) is 6.54 Å². The summed E-state index contributed by atoms with van der Waals surface area (Å²) in [6.07, 6.45) is 3.20. The Balaban J connectivity index is 1.69. The van der Waals surface area contributed by atoms with Gasteiger partial charge in [-0.3, -0.25) is 19.3 Å². The summed E-state index contributed by atoms with van der Waals surface area (Å²) in [4.78, 5) is 41.3. The molecule has 1 aromatic heterocycles. The highest BCUT2D eigenvalue weighted by Gasteiger charge is 2.36. The summed E-state index contributed by atoms with van der Waals surface area (Å²) in [6, 6.07) is 9.23. The lowest BCUT2D eigenvalue weighted by molar-refractivity contribution is -0.127. The molecule has 0 aliphatic carbocycles. The van der Waals surface area contributed by atoms with Crippen LogP contribution in [0.1, 0.15) is 5.56 Å². The lowest BCUT2D eigenvalue weighted by Gasteiger charge is -2.11. The molecular weight excluding hydrogens is 334 g/mol. The summed E-state index contributed by atoms with van der Waals surface area (Å²) in [7, 11) is 0. The quantitative estimate of drug-likeness (QED) is 0.862. The second-order valence-corrected chi connectivity index (χ2v) is 6.45. The SMILES string of the molecule is O=C(CN1C(=O)S/C(=C\c2ccccc2)C1=O)Nc1nccs1. The fraction of sp³-hybridized carbons (Fsp3) is 0.0667. The molecule has 0 spiro atoms. The van der Waals surface area contributed by atoms with Crippen LogP contribution in [0.5, 0.6) is 0 Å². The molecule has 0 saturated carbocycles. The van der Waals surface area contributed by atoms with Gasteiger partial charge in [-0.05, 0) is 23.4 Å². The van der Waals surface area contributed by atoms with Crippen LogP contribution in [0.3, 0.4) is 0 Å². The van der Waals surface area contributed by atoms with Crippen molar-refractivity contribution < 1.29 is 14.4 Å². The number of rotatable bonds is 4. The Morgan fingerprint density at radius 2 is 2.04 bits per heavy atom. The molecule has 2 aromatic rings. The molecule has 3 rings (SSSR count). The number of carbonyl (C=O) groups excluding carboxylic acids is 3. The van der Waals surface area contributed by atoms with Gasteiger partial charge in [0.05, 0.1) is 4.91 Å². The third-order valence-corrected chi connectivity index (χ3v) is 4.55. The van der Waals surface area contributed by atoms with Crippen molar-refractivity contribution in [2.75, 3.05) is 11.9 Å². The first-order chi connectivity index (χ1) is 11.1. The Hall–Kier alpha value is -2.45. The van der Waals surface area contributed by atoms with Crippen LogP contribution in [-0.4, -0.2) is 33.5 Å². The highest BCUT2D eigenvalue weighted by atomic mass is 32.2. The number of imide groups is 1. The van der Waals surface area contributed by atoms with E-state index in [0.29, 0.717) is 10.0 Å². The average Bonchev–Trinajstić information content (AvgIpc) is 3.13. The predicted octanol–water partition coefficient (Wildman–Crippen LogP) is 2.82. The maximum absolute atomic E-state index is 12.3. The van der Waals surface area contributed by atoms with Crippen LogP contribution in [0.2, 0.25) is 0 Å². The van der Waals surface area contributed by atoms with Gasteiger partial charge in [0.15, 0.2) is 5.13 Å². The van der Waals surface area contributed by atoms with Gasteiger partial charge in [0.25, 0.3) is 11.1 Å². The molecule has 1 aromatic carbocycles. The first-order valence-corrected chi connectivity index (χ1v) is 8.33. The normalized spacial score (nSPS) is 16.2. The monoisotopic (exact) mass is 345 g/mol. The van der Waals surface area contributed by atoms with E-state index < -0.39 is 17.1 Å². The van der Waals surface area contributed by atoms with Crippen molar-refractivity contribution in [1.29, 1.82) is 0 Å². The van der Waals surface area contributed by atoms with E-state index in [1.165, 1.54) is 11.3 Å². The Kier molecular flexibility index (Phi) is 4.54. The molecule has 6 nitrogen and oxygen atoms in total. The third kappa shape index (κ3) is 3.66. The van der Waals surface area contributed by atoms with Gasteiger partial charge < -0.3 is 5.32 Å². The van der Waals surface area contributed by atoms with E-state index in [0.717, 1.165) is 22.2 Å². The minimum absolute atomic E-state index is 0.309. The van der Waals surface area contributed by atoms with Crippen LogP contribution in [0.25, 0.3) is 6.08 Å². The molecule has 0 atom stereocenters. The zero-order chi connectivity index (χ0) is 16.2. The Bertz CT molecular complexity index is 773. The molecule has 1 saturated heterocycles. The summed E-state index contributed by atoms with van der Waals surface area (Å²) in [5, 5.41) is 4.25. The number of nitrogens with one attached hydrogen (secondary N) is 1. The Morgan fingerprint density at radius 1 is 1.26 bits per heavy atom. The van der Waals surface area contributed by atoms with Gasteiger partial charge in [-0.15, -0.1) is 11.3 Å². The first kappa shape index (κ1) is 15.4. The van der Waals surface area contributed by atoms with Crippen LogP contribution in [-0.2, 0) is 9.59 Å². The van der Waals surface area contributed by atoms with Gasteiger partial charge in [-0.1, -0.05) is 30.3 Å². The summed E-state index contributed by atoms with van der Waals surface area (Å²) < 4.78 is 0. The lowest BCUT2D eigenvalue weighted by atomic mass is 10.2. The van der Waals surface area contributed by atoms with Crippen molar-refractivity contribution in [3.63, 3.8) is 0 Å². The van der Waals surface area contributed by atoms with Gasteiger partial charge in [-0.2, -0.15) is 0 Å². The van der Waals surface area contributed by atoms with Crippen LogP contribution >= 0.6 is 23.1 Å². The zero-order valence-corrected chi connectivity index (χ0v) is 13.4. The van der Waals surface area contributed by atoms with E-state index in [1.807, 2.05) is 30.3 Å². The number of nitrogens with zero attached hydrogens (tertiary/aromatic N) is 2. The van der Waals surface area contributed by atoms with E-state index in [1.54, 1.807) is 17.7 Å². The minimum Gasteiger partial charge on any atom is -0.300 e. The second-order valence-electron chi connectivity index (χ2n) is 4.56. The maximum Gasteiger partial charge on any atom is 0.294 e. The minimum atomic E-state index is -0.460. The van der Waals surface area contributed by atoms with Crippen molar-refractivity contribution >= 4 is 51.4 Å². The molecule has 0 radical (unpaired) electrons. The summed E-state index contributed by atoms with van der Waals surface area (Å²) in [5.74, 6) is -0.915. The number of hydrogen-bond acceptors (Lipinski definition) is 6. The number of aromatic nitrogens is 1. The number of thiazole rings is 1. The number of hydrogen-bond donors (Lipinski definition) is 1. The van der Waals surface area contributed by atoms with Crippen molar-refractivity contribution in [2.24, 2.45) is 0 Å². The number of anilines is 1. The smallest absolute Gasteiger partial charge is 0.294 e.